The van der Waals surface area contributed by atoms with Crippen LogP contribution in [0.4, 0.5) is 10.1 Å². The lowest BCUT2D eigenvalue weighted by molar-refractivity contribution is -0.255. The van der Waals surface area contributed by atoms with E-state index in [4.69, 9.17) is 0 Å². The molecule has 0 saturated carbocycles. The summed E-state index contributed by atoms with van der Waals surface area (Å²) in [4.78, 5) is 23.5. The van der Waals surface area contributed by atoms with E-state index in [0.717, 1.165) is 4.90 Å². The van der Waals surface area contributed by atoms with Crippen LogP contribution in [0.5, 0.6) is 0 Å². The third kappa shape index (κ3) is 4.06. The lowest BCUT2D eigenvalue weighted by Crippen LogP contribution is -2.22. The van der Waals surface area contributed by atoms with Crippen molar-refractivity contribution in [1.82, 2.24) is 0 Å². The van der Waals surface area contributed by atoms with E-state index in [1.54, 1.807) is 18.2 Å². The number of hydrogen-bond acceptors (Lipinski definition) is 4. The van der Waals surface area contributed by atoms with Crippen LogP contribution in [-0.2, 0) is 4.79 Å². The van der Waals surface area contributed by atoms with E-state index in [0.29, 0.717) is 10.6 Å². The molecule has 0 aliphatic rings. The zero-order chi connectivity index (χ0) is 15.4. The zero-order valence-electron chi connectivity index (χ0n) is 11.1. The van der Waals surface area contributed by atoms with Crippen molar-refractivity contribution >= 4 is 29.3 Å². The molecule has 1 N–H and O–H groups in total. The van der Waals surface area contributed by atoms with Crippen LogP contribution < -0.4 is 10.4 Å². The van der Waals surface area contributed by atoms with Gasteiger partial charge in [0, 0.05) is 16.7 Å². The molecule has 0 bridgehead atoms. The SMILES string of the molecule is CC(=O)Nc1cc(C(=O)[O-])ccc1Sc1ccc(F)cc1. The predicted octanol–water partition coefficient (Wildman–Crippen LogP) is 2.30. The average molecular weight is 304 g/mol. The molecule has 0 saturated heterocycles. The molecule has 2 aromatic rings. The number of anilines is 1. The molecule has 0 atom stereocenters. The average Bonchev–Trinajstić information content (AvgIpc) is 2.42. The third-order valence-corrected chi connectivity index (χ3v) is 3.65. The number of carbonyl (C=O) groups excluding carboxylic acids is 2. The first-order chi connectivity index (χ1) is 9.95. The highest BCUT2D eigenvalue weighted by atomic mass is 32.2. The quantitative estimate of drug-likeness (QED) is 0.941. The highest BCUT2D eigenvalue weighted by Crippen LogP contribution is 2.34. The highest BCUT2D eigenvalue weighted by molar-refractivity contribution is 7.99. The molecule has 0 aliphatic carbocycles. The summed E-state index contributed by atoms with van der Waals surface area (Å²) in [6.07, 6.45) is 0. The molecule has 0 spiro atoms. The van der Waals surface area contributed by atoms with Gasteiger partial charge in [-0.3, -0.25) is 4.79 Å². The maximum atomic E-state index is 12.9. The molecule has 0 aromatic heterocycles. The van der Waals surface area contributed by atoms with Gasteiger partial charge < -0.3 is 15.2 Å². The molecular formula is C15H11FNO3S-. The largest absolute Gasteiger partial charge is 0.545 e. The van der Waals surface area contributed by atoms with Gasteiger partial charge >= 0.3 is 0 Å². The van der Waals surface area contributed by atoms with Gasteiger partial charge in [0.2, 0.25) is 5.91 Å². The van der Waals surface area contributed by atoms with Crippen molar-refractivity contribution in [3.8, 4) is 0 Å². The number of benzene rings is 2. The van der Waals surface area contributed by atoms with E-state index in [2.05, 4.69) is 5.32 Å². The van der Waals surface area contributed by atoms with Gasteiger partial charge in [-0.2, -0.15) is 0 Å². The van der Waals surface area contributed by atoms with E-state index < -0.39 is 5.97 Å². The summed E-state index contributed by atoms with van der Waals surface area (Å²) in [5.41, 5.74) is 0.348. The molecular weight excluding hydrogens is 293 g/mol. The summed E-state index contributed by atoms with van der Waals surface area (Å²) in [6, 6.07) is 10.2. The first-order valence-corrected chi connectivity index (χ1v) is 6.84. The fourth-order valence-corrected chi connectivity index (χ4v) is 2.54. The Balaban J connectivity index is 2.34. The molecule has 4 nitrogen and oxygen atoms in total. The summed E-state index contributed by atoms with van der Waals surface area (Å²) >= 11 is 1.29. The Bertz CT molecular complexity index is 686. The normalized spacial score (nSPS) is 10.2. The van der Waals surface area contributed by atoms with Crippen LogP contribution >= 0.6 is 11.8 Å². The second-order valence-corrected chi connectivity index (χ2v) is 5.35. The minimum Gasteiger partial charge on any atom is -0.545 e. The molecule has 0 heterocycles. The Hall–Kier alpha value is -2.34. The number of carboxylic acids is 1. The summed E-state index contributed by atoms with van der Waals surface area (Å²) in [6.45, 7) is 1.33. The summed E-state index contributed by atoms with van der Waals surface area (Å²) < 4.78 is 12.9. The van der Waals surface area contributed by atoms with Crippen molar-refractivity contribution in [2.75, 3.05) is 5.32 Å². The van der Waals surface area contributed by atoms with Crippen LogP contribution in [0.3, 0.4) is 0 Å². The Morgan fingerprint density at radius 2 is 1.81 bits per heavy atom. The van der Waals surface area contributed by atoms with Crippen LogP contribution in [0.2, 0.25) is 0 Å². The lowest BCUT2D eigenvalue weighted by atomic mass is 10.2. The Morgan fingerprint density at radius 1 is 1.14 bits per heavy atom. The zero-order valence-corrected chi connectivity index (χ0v) is 11.9. The lowest BCUT2D eigenvalue weighted by Gasteiger charge is -2.12. The summed E-state index contributed by atoms with van der Waals surface area (Å²) in [5.74, 6) is -1.97. The number of amides is 1. The van der Waals surface area contributed by atoms with E-state index >= 15 is 0 Å². The smallest absolute Gasteiger partial charge is 0.221 e. The van der Waals surface area contributed by atoms with Crippen LogP contribution in [0.1, 0.15) is 17.3 Å². The number of carbonyl (C=O) groups is 2. The number of halogens is 1. The second kappa shape index (κ2) is 6.41. The molecule has 0 unspecified atom stereocenters. The van der Waals surface area contributed by atoms with Crippen molar-refractivity contribution in [3.63, 3.8) is 0 Å². The van der Waals surface area contributed by atoms with Crippen LogP contribution in [0.25, 0.3) is 0 Å². The molecule has 108 valence electrons. The third-order valence-electron chi connectivity index (χ3n) is 2.57. The molecule has 2 aromatic carbocycles. The van der Waals surface area contributed by atoms with E-state index in [9.17, 15) is 19.1 Å². The van der Waals surface area contributed by atoms with Gasteiger partial charge in [0.1, 0.15) is 5.82 Å². The van der Waals surface area contributed by atoms with Gasteiger partial charge in [0.15, 0.2) is 0 Å². The maximum absolute atomic E-state index is 12.9. The highest BCUT2D eigenvalue weighted by Gasteiger charge is 2.08. The Labute approximate surface area is 125 Å². The van der Waals surface area contributed by atoms with Crippen molar-refractivity contribution in [2.24, 2.45) is 0 Å². The monoisotopic (exact) mass is 304 g/mol. The topological polar surface area (TPSA) is 69.2 Å². The second-order valence-electron chi connectivity index (χ2n) is 4.24. The van der Waals surface area contributed by atoms with Gasteiger partial charge in [0.05, 0.1) is 11.7 Å². The van der Waals surface area contributed by atoms with Gasteiger partial charge in [-0.1, -0.05) is 17.8 Å². The first-order valence-electron chi connectivity index (χ1n) is 6.02. The van der Waals surface area contributed by atoms with Crippen molar-refractivity contribution in [1.29, 1.82) is 0 Å². The molecule has 0 fully saturated rings. The van der Waals surface area contributed by atoms with Gasteiger partial charge in [-0.05, 0) is 42.0 Å². The number of carboxylic acid groups (broad SMARTS) is 1. The van der Waals surface area contributed by atoms with Gasteiger partial charge in [0.25, 0.3) is 0 Å². The summed E-state index contributed by atoms with van der Waals surface area (Å²) in [7, 11) is 0. The molecule has 0 radical (unpaired) electrons. The first kappa shape index (κ1) is 15.1. The van der Waals surface area contributed by atoms with Crippen molar-refractivity contribution in [3.05, 3.63) is 53.8 Å². The minimum atomic E-state index is -1.32. The van der Waals surface area contributed by atoms with Crippen molar-refractivity contribution in [2.45, 2.75) is 16.7 Å². The minimum absolute atomic E-state index is 0.0257. The van der Waals surface area contributed by atoms with Crippen molar-refractivity contribution < 1.29 is 19.1 Å². The number of nitrogens with one attached hydrogen (secondary N) is 1. The summed E-state index contributed by atoms with van der Waals surface area (Å²) in [5, 5.41) is 13.4. The molecule has 21 heavy (non-hydrogen) atoms. The molecule has 0 aliphatic heterocycles. The number of hydrogen-bond donors (Lipinski definition) is 1. The van der Waals surface area contributed by atoms with E-state index in [1.165, 1.54) is 43.0 Å². The Kier molecular flexibility index (Phi) is 4.59. The van der Waals surface area contributed by atoms with E-state index in [-0.39, 0.29) is 17.3 Å². The standard InChI is InChI=1S/C15H12FNO3S/c1-9(18)17-13-8-10(15(19)20)2-7-14(13)21-12-5-3-11(16)4-6-12/h2-8H,1H3,(H,17,18)(H,19,20)/p-1. The van der Waals surface area contributed by atoms with Crippen LogP contribution in [0.15, 0.2) is 52.3 Å². The van der Waals surface area contributed by atoms with Gasteiger partial charge in [-0.25, -0.2) is 4.39 Å². The number of aromatic carboxylic acids is 1. The predicted molar refractivity (Wildman–Crippen MR) is 75.6 cm³/mol. The molecule has 2 rings (SSSR count). The fourth-order valence-electron chi connectivity index (χ4n) is 1.66. The van der Waals surface area contributed by atoms with Crippen LogP contribution in [-0.4, -0.2) is 11.9 Å². The molecule has 1 amide bonds. The van der Waals surface area contributed by atoms with E-state index in [1.807, 2.05) is 0 Å². The maximum Gasteiger partial charge on any atom is 0.221 e. The van der Waals surface area contributed by atoms with Gasteiger partial charge in [-0.15, -0.1) is 0 Å². The fraction of sp³-hybridized carbons (Fsp3) is 0.0667. The molecule has 6 heteroatoms. The van der Waals surface area contributed by atoms with Crippen LogP contribution in [0, 0.1) is 5.82 Å². The number of rotatable bonds is 4. The Morgan fingerprint density at radius 3 is 2.38 bits per heavy atom.